The number of carbonyl (C=O) groups excluding carboxylic acids is 1. The van der Waals surface area contributed by atoms with Crippen molar-refractivity contribution < 1.29 is 14.3 Å². The van der Waals surface area contributed by atoms with Crippen LogP contribution in [0.1, 0.15) is 25.0 Å². The van der Waals surface area contributed by atoms with Crippen LogP contribution in [0.25, 0.3) is 6.08 Å². The number of nitrogens with one attached hydrogen (secondary N) is 1. The van der Waals surface area contributed by atoms with Gasteiger partial charge in [0.2, 0.25) is 5.91 Å². The first-order valence-corrected chi connectivity index (χ1v) is 10.1. The first kappa shape index (κ1) is 21.5. The minimum atomic E-state index is -0.208. The van der Waals surface area contributed by atoms with Crippen molar-refractivity contribution in [3.05, 3.63) is 95.0 Å². The molecule has 0 aliphatic carbocycles. The van der Waals surface area contributed by atoms with Gasteiger partial charge < -0.3 is 14.8 Å². The van der Waals surface area contributed by atoms with Gasteiger partial charge in [-0.15, -0.1) is 0 Å². The highest BCUT2D eigenvalue weighted by molar-refractivity contribution is 6.30. The van der Waals surface area contributed by atoms with Gasteiger partial charge in [-0.3, -0.25) is 4.79 Å². The van der Waals surface area contributed by atoms with Crippen LogP contribution in [0, 0.1) is 0 Å². The highest BCUT2D eigenvalue weighted by Crippen LogP contribution is 2.19. The smallest absolute Gasteiger partial charge is 0.248 e. The van der Waals surface area contributed by atoms with Gasteiger partial charge in [0.1, 0.15) is 18.1 Å². The molecule has 0 aliphatic heterocycles. The van der Waals surface area contributed by atoms with E-state index in [4.69, 9.17) is 21.1 Å². The Hall–Kier alpha value is -3.24. The molecule has 3 aromatic carbocycles. The van der Waals surface area contributed by atoms with Crippen molar-refractivity contribution >= 4 is 29.3 Å². The van der Waals surface area contributed by atoms with Crippen molar-refractivity contribution in [1.29, 1.82) is 0 Å². The number of halogens is 1. The molecule has 1 N–H and O–H groups in total. The van der Waals surface area contributed by atoms with Crippen LogP contribution in [0.3, 0.4) is 0 Å². The molecule has 3 rings (SSSR count). The second kappa shape index (κ2) is 10.5. The number of rotatable bonds is 8. The summed E-state index contributed by atoms with van der Waals surface area (Å²) in [6, 6.07) is 22.4. The van der Waals surface area contributed by atoms with Gasteiger partial charge >= 0.3 is 0 Å². The van der Waals surface area contributed by atoms with Gasteiger partial charge in [-0.2, -0.15) is 0 Å². The Morgan fingerprint density at radius 3 is 2.43 bits per heavy atom. The van der Waals surface area contributed by atoms with Crippen LogP contribution in [0.2, 0.25) is 5.02 Å². The molecule has 0 saturated carbocycles. The average molecular weight is 422 g/mol. The molecule has 0 aliphatic rings. The van der Waals surface area contributed by atoms with Crippen LogP contribution in [-0.4, -0.2) is 12.0 Å². The van der Waals surface area contributed by atoms with E-state index >= 15 is 0 Å². The molecule has 154 valence electrons. The Morgan fingerprint density at radius 2 is 1.73 bits per heavy atom. The lowest BCUT2D eigenvalue weighted by atomic mass is 10.2. The van der Waals surface area contributed by atoms with Crippen molar-refractivity contribution in [2.45, 2.75) is 26.6 Å². The molecule has 0 heterocycles. The standard InChI is InChI=1S/C25H24ClNO3/c1-18(2)30-24-5-3-4-19(16-24)8-15-25(28)27-22-11-13-23(14-12-22)29-17-20-6-9-21(26)10-7-20/h3-16,18H,17H2,1-2H3,(H,27,28)/b15-8+. The van der Waals surface area contributed by atoms with Crippen molar-refractivity contribution in [2.75, 3.05) is 5.32 Å². The molecule has 0 bridgehead atoms. The van der Waals surface area contributed by atoms with E-state index in [0.29, 0.717) is 17.3 Å². The molecule has 0 unspecified atom stereocenters. The number of benzene rings is 3. The van der Waals surface area contributed by atoms with Gasteiger partial charge in [-0.1, -0.05) is 35.9 Å². The summed E-state index contributed by atoms with van der Waals surface area (Å²) < 4.78 is 11.4. The van der Waals surface area contributed by atoms with Crippen LogP contribution >= 0.6 is 11.6 Å². The molecule has 1 amide bonds. The van der Waals surface area contributed by atoms with Crippen LogP contribution in [-0.2, 0) is 11.4 Å². The summed E-state index contributed by atoms with van der Waals surface area (Å²) in [5.41, 5.74) is 2.62. The van der Waals surface area contributed by atoms with Crippen LogP contribution < -0.4 is 14.8 Å². The number of carbonyl (C=O) groups is 1. The fourth-order valence-electron chi connectivity index (χ4n) is 2.70. The molecule has 0 fully saturated rings. The Morgan fingerprint density at radius 1 is 1.00 bits per heavy atom. The highest BCUT2D eigenvalue weighted by Gasteiger charge is 2.02. The zero-order valence-electron chi connectivity index (χ0n) is 17.0. The zero-order chi connectivity index (χ0) is 21.3. The Bertz CT molecular complexity index is 996. The van der Waals surface area contributed by atoms with E-state index in [0.717, 1.165) is 22.6 Å². The van der Waals surface area contributed by atoms with E-state index in [1.807, 2.05) is 74.5 Å². The van der Waals surface area contributed by atoms with Crippen LogP contribution in [0.4, 0.5) is 5.69 Å². The van der Waals surface area contributed by atoms with Gasteiger partial charge in [0.15, 0.2) is 0 Å². The predicted octanol–water partition coefficient (Wildman–Crippen LogP) is 6.36. The van der Waals surface area contributed by atoms with Gasteiger partial charge in [0, 0.05) is 16.8 Å². The number of hydrogen-bond donors (Lipinski definition) is 1. The number of hydrogen-bond acceptors (Lipinski definition) is 3. The summed E-state index contributed by atoms with van der Waals surface area (Å²) >= 11 is 5.88. The molecular formula is C25H24ClNO3. The predicted molar refractivity (Wildman–Crippen MR) is 122 cm³/mol. The van der Waals surface area contributed by atoms with E-state index in [9.17, 15) is 4.79 Å². The molecule has 0 spiro atoms. The van der Waals surface area contributed by atoms with Gasteiger partial charge in [0.25, 0.3) is 0 Å². The monoisotopic (exact) mass is 421 g/mol. The first-order valence-electron chi connectivity index (χ1n) is 9.71. The summed E-state index contributed by atoms with van der Waals surface area (Å²) in [6.45, 7) is 4.40. The average Bonchev–Trinajstić information content (AvgIpc) is 2.73. The maximum Gasteiger partial charge on any atom is 0.248 e. The number of amides is 1. The summed E-state index contributed by atoms with van der Waals surface area (Å²) in [4.78, 5) is 12.2. The molecule has 0 saturated heterocycles. The maximum atomic E-state index is 12.2. The summed E-state index contributed by atoms with van der Waals surface area (Å²) in [7, 11) is 0. The second-order valence-corrected chi connectivity index (χ2v) is 7.44. The summed E-state index contributed by atoms with van der Waals surface area (Å²) in [6.07, 6.45) is 3.36. The first-order chi connectivity index (χ1) is 14.5. The Labute approximate surface area is 182 Å². The lowest BCUT2D eigenvalue weighted by Gasteiger charge is -2.09. The molecule has 5 heteroatoms. The number of ether oxygens (including phenoxy) is 2. The molecule has 30 heavy (non-hydrogen) atoms. The van der Waals surface area contributed by atoms with Crippen LogP contribution in [0.5, 0.6) is 11.5 Å². The quantitative estimate of drug-likeness (QED) is 0.430. The van der Waals surface area contributed by atoms with Crippen molar-refractivity contribution in [3.63, 3.8) is 0 Å². The van der Waals surface area contributed by atoms with Gasteiger partial charge in [-0.25, -0.2) is 0 Å². The topological polar surface area (TPSA) is 47.6 Å². The highest BCUT2D eigenvalue weighted by atomic mass is 35.5. The molecular weight excluding hydrogens is 398 g/mol. The minimum absolute atomic E-state index is 0.102. The third-order valence-electron chi connectivity index (χ3n) is 4.10. The third kappa shape index (κ3) is 6.98. The lowest BCUT2D eigenvalue weighted by Crippen LogP contribution is -2.07. The van der Waals surface area contributed by atoms with Crippen molar-refractivity contribution in [3.8, 4) is 11.5 Å². The van der Waals surface area contributed by atoms with Gasteiger partial charge in [-0.05, 0) is 79.6 Å². The van der Waals surface area contributed by atoms with E-state index in [-0.39, 0.29) is 12.0 Å². The van der Waals surface area contributed by atoms with E-state index in [1.54, 1.807) is 18.2 Å². The molecule has 0 radical (unpaired) electrons. The maximum absolute atomic E-state index is 12.2. The minimum Gasteiger partial charge on any atom is -0.491 e. The Kier molecular flexibility index (Phi) is 7.52. The van der Waals surface area contributed by atoms with E-state index < -0.39 is 0 Å². The van der Waals surface area contributed by atoms with Crippen LogP contribution in [0.15, 0.2) is 78.9 Å². The van der Waals surface area contributed by atoms with Crippen molar-refractivity contribution in [2.24, 2.45) is 0 Å². The lowest BCUT2D eigenvalue weighted by molar-refractivity contribution is -0.111. The zero-order valence-corrected chi connectivity index (χ0v) is 17.7. The van der Waals surface area contributed by atoms with E-state index in [1.165, 1.54) is 6.08 Å². The van der Waals surface area contributed by atoms with Crippen molar-refractivity contribution in [1.82, 2.24) is 0 Å². The molecule has 3 aromatic rings. The fraction of sp³-hybridized carbons (Fsp3) is 0.160. The number of anilines is 1. The van der Waals surface area contributed by atoms with E-state index in [2.05, 4.69) is 5.32 Å². The second-order valence-electron chi connectivity index (χ2n) is 7.00. The summed E-state index contributed by atoms with van der Waals surface area (Å²) in [5.74, 6) is 1.29. The SMILES string of the molecule is CC(C)Oc1cccc(/C=C/C(=O)Nc2ccc(OCc3ccc(Cl)cc3)cc2)c1. The molecule has 0 atom stereocenters. The normalized spacial score (nSPS) is 10.9. The Balaban J connectivity index is 1.51. The largest absolute Gasteiger partial charge is 0.491 e. The molecule has 4 nitrogen and oxygen atoms in total. The third-order valence-corrected chi connectivity index (χ3v) is 4.35. The van der Waals surface area contributed by atoms with Gasteiger partial charge in [0.05, 0.1) is 6.10 Å². The fourth-order valence-corrected chi connectivity index (χ4v) is 2.83. The summed E-state index contributed by atoms with van der Waals surface area (Å²) in [5, 5.41) is 3.54. The molecule has 0 aromatic heterocycles.